The van der Waals surface area contributed by atoms with E-state index in [2.05, 4.69) is 15.0 Å². The van der Waals surface area contributed by atoms with Crippen LogP contribution in [0.1, 0.15) is 0 Å². The minimum absolute atomic E-state index is 0.294. The largest absolute Gasteiger partial charge is 0.406 e. The molecule has 0 saturated heterocycles. The van der Waals surface area contributed by atoms with Crippen LogP contribution in [-0.4, -0.2) is 19.5 Å². The molecule has 5 nitrogen and oxygen atoms in total. The number of imidazole rings is 1. The third-order valence-electron chi connectivity index (χ3n) is 2.54. The third-order valence-corrected chi connectivity index (χ3v) is 2.54. The number of aryl methyl sites for hydroxylation is 1. The van der Waals surface area contributed by atoms with Crippen molar-refractivity contribution in [1.29, 1.82) is 0 Å². The van der Waals surface area contributed by atoms with Crippen molar-refractivity contribution in [2.45, 2.75) is 0 Å². The number of halogens is 1. The van der Waals surface area contributed by atoms with Crippen LogP contribution in [0.25, 0.3) is 11.0 Å². The Morgan fingerprint density at radius 3 is 2.83 bits per heavy atom. The van der Waals surface area contributed by atoms with E-state index in [-0.39, 0.29) is 0 Å². The van der Waals surface area contributed by atoms with Gasteiger partial charge in [0.2, 0.25) is 5.88 Å². The van der Waals surface area contributed by atoms with Gasteiger partial charge in [0.25, 0.3) is 0 Å². The quantitative estimate of drug-likeness (QED) is 0.694. The summed E-state index contributed by atoms with van der Waals surface area (Å²) in [5.74, 6) is -0.112. The highest BCUT2D eigenvalue weighted by Crippen LogP contribution is 2.22. The fraction of sp³-hybridized carbons (Fsp3) is 0.0833. The smallest absolute Gasteiger partial charge is 0.304 e. The number of aromatic nitrogens is 4. The molecule has 0 aliphatic rings. The maximum atomic E-state index is 12.7. The van der Waals surface area contributed by atoms with Crippen LogP contribution < -0.4 is 4.74 Å². The first-order chi connectivity index (χ1) is 8.74. The van der Waals surface area contributed by atoms with Gasteiger partial charge in [-0.05, 0) is 12.1 Å². The topological polar surface area (TPSA) is 52.8 Å². The molecular weight excluding hydrogens is 235 g/mol. The molecule has 0 amide bonds. The van der Waals surface area contributed by atoms with Crippen LogP contribution >= 0.6 is 0 Å². The summed E-state index contributed by atoms with van der Waals surface area (Å²) in [7, 11) is 1.82. The summed E-state index contributed by atoms with van der Waals surface area (Å²) < 4.78 is 20.0. The Morgan fingerprint density at radius 2 is 2.11 bits per heavy atom. The van der Waals surface area contributed by atoms with Crippen molar-refractivity contribution >= 4 is 11.0 Å². The van der Waals surface area contributed by atoms with Gasteiger partial charge in [-0.2, -0.15) is 4.98 Å². The second kappa shape index (κ2) is 4.06. The van der Waals surface area contributed by atoms with Crippen LogP contribution in [0.5, 0.6) is 11.9 Å². The molecule has 0 aliphatic carbocycles. The Hall–Kier alpha value is -2.50. The van der Waals surface area contributed by atoms with Crippen LogP contribution in [0.3, 0.4) is 0 Å². The molecule has 0 atom stereocenters. The maximum Gasteiger partial charge on any atom is 0.304 e. The highest BCUT2D eigenvalue weighted by molar-refractivity contribution is 5.75. The van der Waals surface area contributed by atoms with Gasteiger partial charge < -0.3 is 4.74 Å². The lowest BCUT2D eigenvalue weighted by atomic mass is 10.4. The van der Waals surface area contributed by atoms with E-state index in [1.54, 1.807) is 23.0 Å². The highest BCUT2D eigenvalue weighted by Gasteiger charge is 2.10. The summed E-state index contributed by atoms with van der Waals surface area (Å²) in [4.78, 5) is 12.1. The van der Waals surface area contributed by atoms with Crippen molar-refractivity contribution in [3.05, 3.63) is 42.6 Å². The molecule has 6 heteroatoms. The third kappa shape index (κ3) is 1.77. The van der Waals surface area contributed by atoms with E-state index in [1.807, 2.05) is 7.05 Å². The average Bonchev–Trinajstić information content (AvgIpc) is 2.70. The lowest BCUT2D eigenvalue weighted by Gasteiger charge is -2.03. The molecule has 18 heavy (non-hydrogen) atoms. The second-order valence-corrected chi connectivity index (χ2v) is 3.73. The molecule has 3 rings (SSSR count). The summed E-state index contributed by atoms with van der Waals surface area (Å²) in [6.45, 7) is 0. The van der Waals surface area contributed by atoms with Crippen LogP contribution in [0, 0.1) is 5.82 Å². The van der Waals surface area contributed by atoms with Gasteiger partial charge in [-0.25, -0.2) is 9.37 Å². The van der Waals surface area contributed by atoms with Gasteiger partial charge in [-0.15, -0.1) is 0 Å². The lowest BCUT2D eigenvalue weighted by molar-refractivity contribution is 0.410. The highest BCUT2D eigenvalue weighted by atomic mass is 19.1. The minimum atomic E-state index is -0.406. The van der Waals surface area contributed by atoms with E-state index in [9.17, 15) is 4.39 Å². The summed E-state index contributed by atoms with van der Waals surface area (Å²) in [5.41, 5.74) is 1.64. The first kappa shape index (κ1) is 10.6. The lowest BCUT2D eigenvalue weighted by Crippen LogP contribution is -1.96. The van der Waals surface area contributed by atoms with Gasteiger partial charge in [0, 0.05) is 19.3 Å². The SMILES string of the molecule is Cn1c(Oc2ccc(F)cn2)nc2ccncc21. The minimum Gasteiger partial charge on any atom is -0.406 e. The predicted molar refractivity (Wildman–Crippen MR) is 62.8 cm³/mol. The van der Waals surface area contributed by atoms with E-state index in [0.29, 0.717) is 11.9 Å². The number of hydrogen-bond acceptors (Lipinski definition) is 4. The number of hydrogen-bond donors (Lipinski definition) is 0. The number of pyridine rings is 2. The zero-order chi connectivity index (χ0) is 12.5. The Labute approximate surface area is 102 Å². The fourth-order valence-corrected chi connectivity index (χ4v) is 1.62. The van der Waals surface area contributed by atoms with Crippen LogP contribution in [0.2, 0.25) is 0 Å². The zero-order valence-corrected chi connectivity index (χ0v) is 9.54. The predicted octanol–water partition coefficient (Wildman–Crippen LogP) is 2.29. The van der Waals surface area contributed by atoms with Gasteiger partial charge >= 0.3 is 6.01 Å². The van der Waals surface area contributed by atoms with Gasteiger partial charge in [-0.1, -0.05) is 0 Å². The standard InChI is InChI=1S/C12H9FN4O/c1-17-10-7-14-5-4-9(10)16-12(17)18-11-3-2-8(13)6-15-11/h2-7H,1H3. The zero-order valence-electron chi connectivity index (χ0n) is 9.54. The Morgan fingerprint density at radius 1 is 1.22 bits per heavy atom. The molecule has 0 radical (unpaired) electrons. The first-order valence-corrected chi connectivity index (χ1v) is 5.30. The first-order valence-electron chi connectivity index (χ1n) is 5.30. The Bertz CT molecular complexity index is 693. The number of rotatable bonds is 2. The molecule has 90 valence electrons. The fourth-order valence-electron chi connectivity index (χ4n) is 1.62. The molecule has 0 spiro atoms. The molecule has 0 bridgehead atoms. The van der Waals surface area contributed by atoms with E-state index in [4.69, 9.17) is 4.74 Å². The number of nitrogens with zero attached hydrogens (tertiary/aromatic N) is 4. The molecular formula is C12H9FN4O. The van der Waals surface area contributed by atoms with Gasteiger partial charge in [-0.3, -0.25) is 9.55 Å². The number of fused-ring (bicyclic) bond motifs is 1. The van der Waals surface area contributed by atoms with E-state index >= 15 is 0 Å². The Kier molecular flexibility index (Phi) is 2.40. The second-order valence-electron chi connectivity index (χ2n) is 3.73. The Balaban J connectivity index is 1.99. The molecule has 0 saturated carbocycles. The van der Waals surface area contributed by atoms with Crippen molar-refractivity contribution < 1.29 is 9.13 Å². The van der Waals surface area contributed by atoms with Crippen LogP contribution in [0.4, 0.5) is 4.39 Å². The summed E-state index contributed by atoms with van der Waals surface area (Å²) in [6.07, 6.45) is 4.46. The monoisotopic (exact) mass is 244 g/mol. The van der Waals surface area contributed by atoms with E-state index in [0.717, 1.165) is 17.2 Å². The number of ether oxygens (including phenoxy) is 1. The average molecular weight is 244 g/mol. The van der Waals surface area contributed by atoms with Crippen molar-refractivity contribution in [1.82, 2.24) is 19.5 Å². The molecule has 0 N–H and O–H groups in total. The molecule has 0 aliphatic heterocycles. The summed E-state index contributed by atoms with van der Waals surface area (Å²) in [6, 6.07) is 4.91. The maximum absolute atomic E-state index is 12.7. The summed E-state index contributed by atoms with van der Waals surface area (Å²) >= 11 is 0. The molecule has 0 aromatic carbocycles. The van der Waals surface area contributed by atoms with Gasteiger partial charge in [0.15, 0.2) is 0 Å². The van der Waals surface area contributed by atoms with Crippen LogP contribution in [-0.2, 0) is 7.05 Å². The molecule has 3 aromatic rings. The summed E-state index contributed by atoms with van der Waals surface area (Å²) in [5, 5.41) is 0. The molecule has 0 unspecified atom stereocenters. The molecule has 0 fully saturated rings. The van der Waals surface area contributed by atoms with Gasteiger partial charge in [0.05, 0.1) is 23.4 Å². The normalized spacial score (nSPS) is 10.8. The van der Waals surface area contributed by atoms with Crippen LogP contribution in [0.15, 0.2) is 36.8 Å². The molecule has 3 aromatic heterocycles. The van der Waals surface area contributed by atoms with Crippen molar-refractivity contribution in [3.63, 3.8) is 0 Å². The van der Waals surface area contributed by atoms with Crippen molar-refractivity contribution in [2.24, 2.45) is 7.05 Å². The molecule has 3 heterocycles. The van der Waals surface area contributed by atoms with E-state index in [1.165, 1.54) is 12.1 Å². The van der Waals surface area contributed by atoms with Crippen molar-refractivity contribution in [2.75, 3.05) is 0 Å². The van der Waals surface area contributed by atoms with Gasteiger partial charge in [0.1, 0.15) is 5.82 Å². The van der Waals surface area contributed by atoms with E-state index < -0.39 is 5.82 Å². The van der Waals surface area contributed by atoms with Crippen molar-refractivity contribution in [3.8, 4) is 11.9 Å².